The zero-order chi connectivity index (χ0) is 12.1. The van der Waals surface area contributed by atoms with Gasteiger partial charge in [-0.3, -0.25) is 4.79 Å². The Morgan fingerprint density at radius 3 is 2.56 bits per heavy atom. The predicted molar refractivity (Wildman–Crippen MR) is 68.9 cm³/mol. The average Bonchev–Trinajstić information content (AvgIpc) is 2.21. The molecule has 1 amide bonds. The van der Waals surface area contributed by atoms with Gasteiger partial charge in [-0.15, -0.1) is 0 Å². The van der Waals surface area contributed by atoms with Crippen LogP contribution in [0.25, 0.3) is 0 Å². The highest BCUT2D eigenvalue weighted by atomic mass is 16.1. The average molecular weight is 220 g/mol. The van der Waals surface area contributed by atoms with Crippen molar-refractivity contribution in [1.82, 2.24) is 0 Å². The normalized spacial score (nSPS) is 10.3. The Morgan fingerprint density at radius 1 is 1.31 bits per heavy atom. The van der Waals surface area contributed by atoms with Crippen LogP contribution < -0.4 is 10.6 Å². The topological polar surface area (TPSA) is 41.1 Å². The fourth-order valence-corrected chi connectivity index (χ4v) is 1.44. The van der Waals surface area contributed by atoms with Crippen molar-refractivity contribution in [3.8, 4) is 0 Å². The molecule has 16 heavy (non-hydrogen) atoms. The second kappa shape index (κ2) is 5.54. The molecular weight excluding hydrogens is 200 g/mol. The minimum absolute atomic E-state index is 0.0393. The van der Waals surface area contributed by atoms with Gasteiger partial charge in [0.05, 0.1) is 11.4 Å². The highest BCUT2D eigenvalue weighted by Crippen LogP contribution is 2.23. The zero-order valence-corrected chi connectivity index (χ0v) is 10.4. The summed E-state index contributed by atoms with van der Waals surface area (Å²) in [5.74, 6) is 0.0393. The monoisotopic (exact) mass is 220 g/mol. The van der Waals surface area contributed by atoms with Gasteiger partial charge in [0.25, 0.3) is 0 Å². The van der Waals surface area contributed by atoms with E-state index < -0.39 is 0 Å². The first kappa shape index (κ1) is 12.6. The van der Waals surface area contributed by atoms with Gasteiger partial charge in [0, 0.05) is 12.5 Å². The summed E-state index contributed by atoms with van der Waals surface area (Å²) in [6.07, 6.45) is 0.495. The first-order chi connectivity index (χ1) is 7.52. The molecular formula is C13H20N2O. The number of hydrogen-bond donors (Lipinski definition) is 2. The van der Waals surface area contributed by atoms with Gasteiger partial charge in [-0.1, -0.05) is 13.0 Å². The lowest BCUT2D eigenvalue weighted by Crippen LogP contribution is -2.15. The lowest BCUT2D eigenvalue weighted by Gasteiger charge is -2.16. The molecule has 1 rings (SSSR count). The third-order valence-electron chi connectivity index (χ3n) is 2.21. The Balaban J connectivity index is 2.93. The summed E-state index contributed by atoms with van der Waals surface area (Å²) in [4.78, 5) is 11.4. The minimum Gasteiger partial charge on any atom is -0.381 e. The number of rotatable bonds is 4. The molecule has 0 saturated carbocycles. The lowest BCUT2D eigenvalue weighted by molar-refractivity contribution is -0.115. The van der Waals surface area contributed by atoms with Crippen molar-refractivity contribution in [3.63, 3.8) is 0 Å². The molecule has 0 aliphatic heterocycles. The molecule has 0 aliphatic carbocycles. The van der Waals surface area contributed by atoms with E-state index >= 15 is 0 Å². The van der Waals surface area contributed by atoms with Crippen molar-refractivity contribution in [2.75, 3.05) is 10.6 Å². The Bertz CT molecular complexity index is 372. The van der Waals surface area contributed by atoms with E-state index in [4.69, 9.17) is 0 Å². The van der Waals surface area contributed by atoms with Crippen LogP contribution in [0.3, 0.4) is 0 Å². The minimum atomic E-state index is 0.0393. The maximum absolute atomic E-state index is 11.4. The third-order valence-corrected chi connectivity index (χ3v) is 2.21. The van der Waals surface area contributed by atoms with Gasteiger partial charge in [-0.05, 0) is 38.5 Å². The van der Waals surface area contributed by atoms with E-state index in [2.05, 4.69) is 24.5 Å². The fourth-order valence-electron chi connectivity index (χ4n) is 1.44. The number of carbonyl (C=O) groups excluding carboxylic acids is 1. The second-order valence-electron chi connectivity index (χ2n) is 4.25. The van der Waals surface area contributed by atoms with E-state index in [-0.39, 0.29) is 5.91 Å². The van der Waals surface area contributed by atoms with Gasteiger partial charge in [0.2, 0.25) is 5.91 Å². The summed E-state index contributed by atoms with van der Waals surface area (Å²) < 4.78 is 0. The van der Waals surface area contributed by atoms with Crippen molar-refractivity contribution in [2.24, 2.45) is 0 Å². The Kier molecular flexibility index (Phi) is 4.35. The molecule has 0 radical (unpaired) electrons. The van der Waals surface area contributed by atoms with Crippen molar-refractivity contribution in [2.45, 2.75) is 40.2 Å². The van der Waals surface area contributed by atoms with Crippen LogP contribution in [-0.2, 0) is 4.79 Å². The number of amides is 1. The van der Waals surface area contributed by atoms with Gasteiger partial charge in [-0.2, -0.15) is 0 Å². The van der Waals surface area contributed by atoms with E-state index in [1.165, 1.54) is 0 Å². The molecule has 2 N–H and O–H groups in total. The third kappa shape index (κ3) is 3.57. The summed E-state index contributed by atoms with van der Waals surface area (Å²) >= 11 is 0. The molecule has 0 atom stereocenters. The summed E-state index contributed by atoms with van der Waals surface area (Å²) in [6, 6.07) is 6.37. The van der Waals surface area contributed by atoms with Gasteiger partial charge < -0.3 is 10.6 Å². The van der Waals surface area contributed by atoms with Gasteiger partial charge in [0.15, 0.2) is 0 Å². The van der Waals surface area contributed by atoms with Crippen LogP contribution in [0, 0.1) is 6.92 Å². The molecule has 0 aromatic heterocycles. The summed E-state index contributed by atoms with van der Waals surface area (Å²) in [5, 5.41) is 6.22. The quantitative estimate of drug-likeness (QED) is 0.818. The molecule has 1 aromatic rings. The molecule has 0 saturated heterocycles. The van der Waals surface area contributed by atoms with Crippen LogP contribution in [0.15, 0.2) is 18.2 Å². The van der Waals surface area contributed by atoms with Crippen LogP contribution in [0.1, 0.15) is 32.8 Å². The Morgan fingerprint density at radius 2 is 2.00 bits per heavy atom. The van der Waals surface area contributed by atoms with Crippen LogP contribution >= 0.6 is 0 Å². The van der Waals surface area contributed by atoms with E-state index in [1.807, 2.05) is 32.0 Å². The van der Waals surface area contributed by atoms with Gasteiger partial charge in [0.1, 0.15) is 0 Å². The predicted octanol–water partition coefficient (Wildman–Crippen LogP) is 3.16. The molecule has 0 heterocycles. The molecule has 0 unspecified atom stereocenters. The number of hydrogen-bond acceptors (Lipinski definition) is 2. The highest BCUT2D eigenvalue weighted by molar-refractivity contribution is 5.94. The van der Waals surface area contributed by atoms with E-state index in [9.17, 15) is 4.79 Å². The second-order valence-corrected chi connectivity index (χ2v) is 4.25. The smallest absolute Gasteiger partial charge is 0.224 e. The first-order valence-electron chi connectivity index (χ1n) is 5.70. The van der Waals surface area contributed by atoms with Crippen molar-refractivity contribution in [1.29, 1.82) is 0 Å². The van der Waals surface area contributed by atoms with E-state index in [0.29, 0.717) is 12.5 Å². The fraction of sp³-hybridized carbons (Fsp3) is 0.462. The first-order valence-corrected chi connectivity index (χ1v) is 5.70. The molecule has 0 spiro atoms. The largest absolute Gasteiger partial charge is 0.381 e. The van der Waals surface area contributed by atoms with Crippen LogP contribution in [0.4, 0.5) is 11.4 Å². The van der Waals surface area contributed by atoms with Crippen molar-refractivity contribution in [3.05, 3.63) is 23.8 Å². The van der Waals surface area contributed by atoms with Crippen molar-refractivity contribution < 1.29 is 4.79 Å². The number of anilines is 2. The molecule has 88 valence electrons. The van der Waals surface area contributed by atoms with E-state index in [0.717, 1.165) is 16.9 Å². The summed E-state index contributed by atoms with van der Waals surface area (Å²) in [5.41, 5.74) is 2.98. The lowest BCUT2D eigenvalue weighted by atomic mass is 10.1. The summed E-state index contributed by atoms with van der Waals surface area (Å²) in [7, 11) is 0. The molecule has 1 aromatic carbocycles. The molecule has 0 bridgehead atoms. The standard InChI is InChI=1S/C13H20N2O/c1-5-13(16)15-12-8-10(4)6-7-11(12)14-9(2)3/h6-9,14H,5H2,1-4H3,(H,15,16). The highest BCUT2D eigenvalue weighted by Gasteiger charge is 2.06. The SMILES string of the molecule is CCC(=O)Nc1cc(C)ccc1NC(C)C. The van der Waals surface area contributed by atoms with Crippen molar-refractivity contribution >= 4 is 17.3 Å². The number of aryl methyl sites for hydroxylation is 1. The maximum atomic E-state index is 11.4. The van der Waals surface area contributed by atoms with E-state index in [1.54, 1.807) is 0 Å². The number of benzene rings is 1. The molecule has 0 fully saturated rings. The van der Waals surface area contributed by atoms with Crippen LogP contribution in [0.5, 0.6) is 0 Å². The Hall–Kier alpha value is -1.51. The van der Waals surface area contributed by atoms with Gasteiger partial charge >= 0.3 is 0 Å². The molecule has 0 aliphatic rings. The number of nitrogens with one attached hydrogen (secondary N) is 2. The zero-order valence-electron chi connectivity index (χ0n) is 10.4. The van der Waals surface area contributed by atoms with Gasteiger partial charge in [-0.25, -0.2) is 0 Å². The van der Waals surface area contributed by atoms with Crippen LogP contribution in [0.2, 0.25) is 0 Å². The number of carbonyl (C=O) groups is 1. The van der Waals surface area contributed by atoms with Crippen LogP contribution in [-0.4, -0.2) is 11.9 Å². The molecule has 3 nitrogen and oxygen atoms in total. The molecule has 3 heteroatoms. The summed E-state index contributed by atoms with van der Waals surface area (Å²) in [6.45, 7) is 8.01. The Labute approximate surface area is 97.2 Å². The maximum Gasteiger partial charge on any atom is 0.224 e.